The molecule has 0 radical (unpaired) electrons. The maximum Gasteiger partial charge on any atom is 0.291 e. The van der Waals surface area contributed by atoms with Crippen LogP contribution in [0.1, 0.15) is 43.7 Å². The van der Waals surface area contributed by atoms with Gasteiger partial charge in [0, 0.05) is 25.5 Å². The Hall–Kier alpha value is -1.45. The maximum atomic E-state index is 12.1. The van der Waals surface area contributed by atoms with Crippen LogP contribution < -0.4 is 0 Å². The number of likely N-dealkylation sites (tertiary alicyclic amines) is 1. The summed E-state index contributed by atoms with van der Waals surface area (Å²) in [6.45, 7) is 6.20. The largest absolute Gasteiger partial charge is 0.336 e. The van der Waals surface area contributed by atoms with Crippen LogP contribution in [0.25, 0.3) is 0 Å². The van der Waals surface area contributed by atoms with E-state index in [0.717, 1.165) is 37.8 Å². The Morgan fingerprint density at radius 2 is 1.94 bits per heavy atom. The lowest BCUT2D eigenvalue weighted by Crippen LogP contribution is -2.39. The van der Waals surface area contributed by atoms with Crippen molar-refractivity contribution in [3.05, 3.63) is 24.3 Å². The van der Waals surface area contributed by atoms with Gasteiger partial charge in [0.25, 0.3) is 5.91 Å². The first kappa shape index (κ1) is 13.0. The topological polar surface area (TPSA) is 46.1 Å². The Bertz CT molecular complexity index is 383. The van der Waals surface area contributed by atoms with Crippen molar-refractivity contribution in [3.8, 4) is 0 Å². The molecule has 2 heterocycles. The highest BCUT2D eigenvalue weighted by Crippen LogP contribution is 2.24. The zero-order chi connectivity index (χ0) is 13.0. The van der Waals surface area contributed by atoms with E-state index in [4.69, 9.17) is 0 Å². The normalized spacial score (nSPS) is 17.2. The third kappa shape index (κ3) is 3.28. The lowest BCUT2D eigenvalue weighted by atomic mass is 9.88. The Labute approximate surface area is 108 Å². The van der Waals surface area contributed by atoms with E-state index in [1.54, 1.807) is 18.5 Å². The first-order chi connectivity index (χ1) is 8.66. The van der Waals surface area contributed by atoms with E-state index in [1.165, 1.54) is 6.42 Å². The molecule has 4 nitrogen and oxygen atoms in total. The average Bonchev–Trinajstić information content (AvgIpc) is 2.39. The predicted octanol–water partition coefficient (Wildman–Crippen LogP) is 2.37. The predicted molar refractivity (Wildman–Crippen MR) is 70.1 cm³/mol. The fourth-order valence-corrected chi connectivity index (χ4v) is 2.59. The van der Waals surface area contributed by atoms with Gasteiger partial charge in [0.05, 0.1) is 0 Å². The molecule has 0 aliphatic carbocycles. The number of carbonyl (C=O) groups is 1. The number of nitrogens with zero attached hydrogens (tertiary/aromatic N) is 3. The zero-order valence-electron chi connectivity index (χ0n) is 11.2. The van der Waals surface area contributed by atoms with Crippen LogP contribution in [-0.4, -0.2) is 33.9 Å². The Kier molecular flexibility index (Phi) is 4.28. The van der Waals surface area contributed by atoms with E-state index in [9.17, 15) is 4.79 Å². The molecule has 0 bridgehead atoms. The van der Waals surface area contributed by atoms with Crippen molar-refractivity contribution in [1.29, 1.82) is 0 Å². The molecule has 0 N–H and O–H groups in total. The SMILES string of the molecule is CC(C)CC1CCN(C(=O)c2ncccn2)CC1. The van der Waals surface area contributed by atoms with Gasteiger partial charge in [-0.05, 0) is 37.2 Å². The minimum Gasteiger partial charge on any atom is -0.336 e. The lowest BCUT2D eigenvalue weighted by Gasteiger charge is -2.32. The van der Waals surface area contributed by atoms with Gasteiger partial charge >= 0.3 is 0 Å². The van der Waals surface area contributed by atoms with E-state index in [0.29, 0.717) is 5.82 Å². The number of amides is 1. The summed E-state index contributed by atoms with van der Waals surface area (Å²) >= 11 is 0. The van der Waals surface area contributed by atoms with Crippen molar-refractivity contribution in [1.82, 2.24) is 14.9 Å². The molecule has 1 aromatic heterocycles. The number of hydrogen-bond acceptors (Lipinski definition) is 3. The van der Waals surface area contributed by atoms with Gasteiger partial charge < -0.3 is 4.90 Å². The van der Waals surface area contributed by atoms with Crippen LogP contribution in [0.3, 0.4) is 0 Å². The Morgan fingerprint density at radius 1 is 1.33 bits per heavy atom. The fourth-order valence-electron chi connectivity index (χ4n) is 2.59. The van der Waals surface area contributed by atoms with Crippen LogP contribution in [0.4, 0.5) is 0 Å². The van der Waals surface area contributed by atoms with Crippen LogP contribution in [0.15, 0.2) is 18.5 Å². The van der Waals surface area contributed by atoms with Gasteiger partial charge in [-0.2, -0.15) is 0 Å². The van der Waals surface area contributed by atoms with Crippen LogP contribution in [0, 0.1) is 11.8 Å². The molecule has 0 spiro atoms. The van der Waals surface area contributed by atoms with Crippen molar-refractivity contribution >= 4 is 5.91 Å². The summed E-state index contributed by atoms with van der Waals surface area (Å²) in [6.07, 6.45) is 6.72. The molecule has 18 heavy (non-hydrogen) atoms. The zero-order valence-corrected chi connectivity index (χ0v) is 11.2. The van der Waals surface area contributed by atoms with Crippen LogP contribution >= 0.6 is 0 Å². The second-order valence-electron chi connectivity index (χ2n) is 5.44. The van der Waals surface area contributed by atoms with Crippen molar-refractivity contribution in [3.63, 3.8) is 0 Å². The van der Waals surface area contributed by atoms with Gasteiger partial charge in [0.15, 0.2) is 0 Å². The van der Waals surface area contributed by atoms with E-state index in [2.05, 4.69) is 23.8 Å². The molecule has 0 atom stereocenters. The van der Waals surface area contributed by atoms with Gasteiger partial charge in [-0.15, -0.1) is 0 Å². The standard InChI is InChI=1S/C14H21N3O/c1-11(2)10-12-4-8-17(9-5-12)14(18)13-15-6-3-7-16-13/h3,6-7,11-12H,4-5,8-10H2,1-2H3. The number of rotatable bonds is 3. The number of aromatic nitrogens is 2. The molecule has 1 aliphatic heterocycles. The Morgan fingerprint density at radius 3 is 2.50 bits per heavy atom. The first-order valence-corrected chi connectivity index (χ1v) is 6.73. The summed E-state index contributed by atoms with van der Waals surface area (Å²) < 4.78 is 0. The third-order valence-corrected chi connectivity index (χ3v) is 3.46. The molecule has 2 rings (SSSR count). The molecular formula is C14H21N3O. The van der Waals surface area contributed by atoms with Gasteiger partial charge in [-0.25, -0.2) is 9.97 Å². The highest BCUT2D eigenvalue weighted by Gasteiger charge is 2.25. The second kappa shape index (κ2) is 5.94. The summed E-state index contributed by atoms with van der Waals surface area (Å²) in [6, 6.07) is 1.73. The molecular weight excluding hydrogens is 226 g/mol. The van der Waals surface area contributed by atoms with Crippen molar-refractivity contribution in [2.24, 2.45) is 11.8 Å². The summed E-state index contributed by atoms with van der Waals surface area (Å²) in [5.74, 6) is 1.80. The van der Waals surface area contributed by atoms with Crippen molar-refractivity contribution in [2.75, 3.05) is 13.1 Å². The van der Waals surface area contributed by atoms with E-state index in [-0.39, 0.29) is 5.91 Å². The van der Waals surface area contributed by atoms with Crippen LogP contribution in [0.2, 0.25) is 0 Å². The summed E-state index contributed by atoms with van der Waals surface area (Å²) in [7, 11) is 0. The number of carbonyl (C=O) groups excluding carboxylic acids is 1. The summed E-state index contributed by atoms with van der Waals surface area (Å²) in [4.78, 5) is 22.0. The van der Waals surface area contributed by atoms with E-state index < -0.39 is 0 Å². The van der Waals surface area contributed by atoms with E-state index >= 15 is 0 Å². The fraction of sp³-hybridized carbons (Fsp3) is 0.643. The number of piperidine rings is 1. The minimum atomic E-state index is -0.0291. The molecule has 1 aromatic rings. The quantitative estimate of drug-likeness (QED) is 0.823. The monoisotopic (exact) mass is 247 g/mol. The van der Waals surface area contributed by atoms with Gasteiger partial charge in [0.2, 0.25) is 5.82 Å². The van der Waals surface area contributed by atoms with Gasteiger partial charge in [-0.1, -0.05) is 13.8 Å². The highest BCUT2D eigenvalue weighted by molar-refractivity contribution is 5.90. The Balaban J connectivity index is 1.88. The first-order valence-electron chi connectivity index (χ1n) is 6.73. The van der Waals surface area contributed by atoms with Crippen molar-refractivity contribution in [2.45, 2.75) is 33.1 Å². The molecule has 0 unspecified atom stereocenters. The summed E-state index contributed by atoms with van der Waals surface area (Å²) in [5.41, 5.74) is 0. The maximum absolute atomic E-state index is 12.1. The van der Waals surface area contributed by atoms with Crippen molar-refractivity contribution < 1.29 is 4.79 Å². The average molecular weight is 247 g/mol. The molecule has 4 heteroatoms. The second-order valence-corrected chi connectivity index (χ2v) is 5.44. The lowest BCUT2D eigenvalue weighted by molar-refractivity contribution is 0.0669. The molecule has 1 fully saturated rings. The van der Waals surface area contributed by atoms with Gasteiger partial charge in [0.1, 0.15) is 0 Å². The molecule has 1 amide bonds. The van der Waals surface area contributed by atoms with Crippen LogP contribution in [-0.2, 0) is 0 Å². The van der Waals surface area contributed by atoms with Gasteiger partial charge in [-0.3, -0.25) is 4.79 Å². The smallest absolute Gasteiger partial charge is 0.291 e. The van der Waals surface area contributed by atoms with Crippen LogP contribution in [0.5, 0.6) is 0 Å². The molecule has 98 valence electrons. The van der Waals surface area contributed by atoms with E-state index in [1.807, 2.05) is 4.90 Å². The molecule has 0 saturated carbocycles. The minimum absolute atomic E-state index is 0.0291. The molecule has 0 aromatic carbocycles. The summed E-state index contributed by atoms with van der Waals surface area (Å²) in [5, 5.41) is 0. The highest BCUT2D eigenvalue weighted by atomic mass is 16.2. The number of hydrogen-bond donors (Lipinski definition) is 0. The third-order valence-electron chi connectivity index (χ3n) is 3.46. The molecule has 1 saturated heterocycles. The molecule has 1 aliphatic rings.